The number of anilines is 1. The summed E-state index contributed by atoms with van der Waals surface area (Å²) in [6.07, 6.45) is 1.66. The van der Waals surface area contributed by atoms with Crippen molar-refractivity contribution in [1.29, 1.82) is 0 Å². The lowest BCUT2D eigenvalue weighted by Crippen LogP contribution is -2.62. The highest BCUT2D eigenvalue weighted by molar-refractivity contribution is 7.09. The van der Waals surface area contributed by atoms with Crippen molar-refractivity contribution in [1.82, 2.24) is 10.2 Å². The van der Waals surface area contributed by atoms with Crippen molar-refractivity contribution in [2.75, 3.05) is 31.1 Å². The summed E-state index contributed by atoms with van der Waals surface area (Å²) >= 11 is 1.66. The lowest BCUT2D eigenvalue weighted by atomic mass is 9.82. The van der Waals surface area contributed by atoms with E-state index < -0.39 is 11.7 Å². The van der Waals surface area contributed by atoms with Crippen molar-refractivity contribution in [3.8, 4) is 0 Å². The molecule has 1 aromatic heterocycles. The molecule has 0 spiro atoms. The number of carbonyl (C=O) groups is 1. The number of nitrogens with zero attached hydrogens (tertiary/aromatic N) is 2. The number of benzene rings is 1. The normalized spacial score (nSPS) is 23.9. The fourth-order valence-electron chi connectivity index (χ4n) is 5.82. The van der Waals surface area contributed by atoms with Crippen LogP contribution in [0.2, 0.25) is 0 Å². The monoisotopic (exact) mass is 477 g/mol. The quantitative estimate of drug-likeness (QED) is 0.676. The van der Waals surface area contributed by atoms with E-state index in [1.807, 2.05) is 11.4 Å². The van der Waals surface area contributed by atoms with Crippen LogP contribution in [0, 0.1) is 5.92 Å². The molecule has 2 atom stereocenters. The number of piperazine rings is 1. The second kappa shape index (κ2) is 9.29. The number of nitrogens with one attached hydrogen (secondary N) is 1. The zero-order chi connectivity index (χ0) is 23.0. The molecule has 5 rings (SSSR count). The van der Waals surface area contributed by atoms with Crippen LogP contribution in [0.5, 0.6) is 0 Å². The third-order valence-electron chi connectivity index (χ3n) is 7.50. The summed E-state index contributed by atoms with van der Waals surface area (Å²) in [4.78, 5) is 19.3. The molecule has 1 N–H and O–H groups in total. The molecule has 8 heteroatoms. The van der Waals surface area contributed by atoms with E-state index in [2.05, 4.69) is 21.2 Å². The minimum atomic E-state index is -4.38. The third-order valence-corrected chi connectivity index (χ3v) is 8.44. The molecule has 33 heavy (non-hydrogen) atoms. The Kier molecular flexibility index (Phi) is 6.40. The van der Waals surface area contributed by atoms with E-state index in [1.54, 1.807) is 17.4 Å². The van der Waals surface area contributed by atoms with E-state index in [9.17, 15) is 18.0 Å². The molecule has 1 saturated heterocycles. The predicted molar refractivity (Wildman–Crippen MR) is 125 cm³/mol. The Hall–Kier alpha value is -2.06. The molecule has 1 aromatic carbocycles. The molecule has 2 fully saturated rings. The summed E-state index contributed by atoms with van der Waals surface area (Å²) in [5.41, 5.74) is 0.858. The second-order valence-corrected chi connectivity index (χ2v) is 10.5. The number of amides is 1. The van der Waals surface area contributed by atoms with Crippen LogP contribution in [-0.4, -0.2) is 49.1 Å². The largest absolute Gasteiger partial charge is 0.416 e. The van der Waals surface area contributed by atoms with Crippen molar-refractivity contribution in [2.24, 2.45) is 5.92 Å². The summed E-state index contributed by atoms with van der Waals surface area (Å²) in [7, 11) is 0. The summed E-state index contributed by atoms with van der Waals surface area (Å²) in [6, 6.07) is 8.65. The van der Waals surface area contributed by atoms with Crippen molar-refractivity contribution >= 4 is 22.9 Å². The summed E-state index contributed by atoms with van der Waals surface area (Å²) < 4.78 is 40.1. The Morgan fingerprint density at radius 2 is 1.97 bits per heavy atom. The fraction of sp³-hybridized carbons (Fsp3) is 0.560. The molecular formula is C25H30F3N3OS. The first-order valence-electron chi connectivity index (χ1n) is 11.9. The van der Waals surface area contributed by atoms with Gasteiger partial charge in [-0.25, -0.2) is 0 Å². The highest BCUT2D eigenvalue weighted by atomic mass is 32.1. The van der Waals surface area contributed by atoms with Gasteiger partial charge in [0.1, 0.15) is 0 Å². The van der Waals surface area contributed by atoms with Crippen molar-refractivity contribution in [2.45, 2.75) is 56.8 Å². The number of fused-ring (bicyclic) bond motifs is 3. The van der Waals surface area contributed by atoms with Gasteiger partial charge in [0, 0.05) is 42.8 Å². The summed E-state index contributed by atoms with van der Waals surface area (Å²) in [5, 5.41) is 5.10. The van der Waals surface area contributed by atoms with Gasteiger partial charge >= 0.3 is 6.18 Å². The van der Waals surface area contributed by atoms with E-state index in [1.165, 1.54) is 42.7 Å². The van der Waals surface area contributed by atoms with Gasteiger partial charge in [-0.05, 0) is 60.9 Å². The van der Waals surface area contributed by atoms with Crippen molar-refractivity contribution in [3.05, 3.63) is 51.7 Å². The first-order valence-corrected chi connectivity index (χ1v) is 12.8. The number of hydrogen-bond acceptors (Lipinski definition) is 4. The zero-order valence-corrected chi connectivity index (χ0v) is 19.4. The SMILES string of the molecule is O=C(NCCc1cccs1)[C@@H]1Cc2cc(C(F)(F)F)ccc2N2CCN(C3CCCC3)C[C@@H]12. The van der Waals surface area contributed by atoms with E-state index in [0.29, 0.717) is 24.6 Å². The van der Waals surface area contributed by atoms with Crippen LogP contribution < -0.4 is 10.2 Å². The van der Waals surface area contributed by atoms with Crippen LogP contribution in [0.3, 0.4) is 0 Å². The van der Waals surface area contributed by atoms with E-state index >= 15 is 0 Å². The van der Waals surface area contributed by atoms with Crippen molar-refractivity contribution in [3.63, 3.8) is 0 Å². The maximum atomic E-state index is 13.4. The first kappa shape index (κ1) is 22.7. The predicted octanol–water partition coefficient (Wildman–Crippen LogP) is 4.73. The molecule has 2 aliphatic heterocycles. The minimum absolute atomic E-state index is 0.00896. The summed E-state index contributed by atoms with van der Waals surface area (Å²) in [5.74, 6) is -0.397. The van der Waals surface area contributed by atoms with Gasteiger partial charge in [-0.3, -0.25) is 9.69 Å². The molecule has 0 unspecified atom stereocenters. The standard InChI is InChI=1S/C25H30F3N3OS/c26-25(27,28)18-7-8-22-17(14-18)15-21(24(32)29-10-9-20-6-3-13-33-20)23-16-30(11-12-31(22)23)19-4-1-2-5-19/h3,6-8,13-14,19,21,23H,1-2,4-5,9-12,15-16H2,(H,29,32)/t21-,23+/m1/s1. The number of carbonyl (C=O) groups excluding carboxylic acids is 1. The van der Waals surface area contributed by atoms with Crippen LogP contribution in [0.25, 0.3) is 0 Å². The fourth-order valence-corrected chi connectivity index (χ4v) is 6.53. The zero-order valence-electron chi connectivity index (χ0n) is 18.6. The first-order chi connectivity index (χ1) is 15.9. The summed E-state index contributed by atoms with van der Waals surface area (Å²) in [6.45, 7) is 2.99. The molecule has 2 aromatic rings. The smallest absolute Gasteiger partial charge is 0.365 e. The Balaban J connectivity index is 1.38. The maximum Gasteiger partial charge on any atom is 0.416 e. The Morgan fingerprint density at radius 3 is 2.70 bits per heavy atom. The average molecular weight is 478 g/mol. The third kappa shape index (κ3) is 4.78. The van der Waals surface area contributed by atoms with Gasteiger partial charge in [0.05, 0.1) is 17.5 Å². The molecule has 1 aliphatic carbocycles. The molecule has 1 amide bonds. The van der Waals surface area contributed by atoms with Crippen molar-refractivity contribution < 1.29 is 18.0 Å². The topological polar surface area (TPSA) is 35.6 Å². The Morgan fingerprint density at radius 1 is 1.15 bits per heavy atom. The highest BCUT2D eigenvalue weighted by Crippen LogP contribution is 2.40. The van der Waals surface area contributed by atoms with Crippen LogP contribution in [0.1, 0.15) is 41.7 Å². The van der Waals surface area contributed by atoms with Gasteiger partial charge in [-0.2, -0.15) is 13.2 Å². The molecule has 3 heterocycles. The molecule has 1 saturated carbocycles. The van der Waals surface area contributed by atoms with Gasteiger partial charge < -0.3 is 10.2 Å². The van der Waals surface area contributed by atoms with Crippen LogP contribution in [0.15, 0.2) is 35.7 Å². The van der Waals surface area contributed by atoms with E-state index in [-0.39, 0.29) is 17.9 Å². The van der Waals surface area contributed by atoms with Gasteiger partial charge in [0.2, 0.25) is 5.91 Å². The van der Waals surface area contributed by atoms with Gasteiger partial charge in [0.25, 0.3) is 0 Å². The van der Waals surface area contributed by atoms with Crippen LogP contribution >= 0.6 is 11.3 Å². The molecular weight excluding hydrogens is 447 g/mol. The number of thiophene rings is 1. The number of alkyl halides is 3. The molecule has 178 valence electrons. The molecule has 3 aliphatic rings. The Bertz CT molecular complexity index is 972. The molecule has 4 nitrogen and oxygen atoms in total. The van der Waals surface area contributed by atoms with Gasteiger partial charge in [-0.1, -0.05) is 18.9 Å². The lowest BCUT2D eigenvalue weighted by Gasteiger charge is -2.50. The highest BCUT2D eigenvalue weighted by Gasteiger charge is 2.43. The van der Waals surface area contributed by atoms with Crippen LogP contribution in [-0.2, 0) is 23.8 Å². The maximum absolute atomic E-state index is 13.4. The lowest BCUT2D eigenvalue weighted by molar-refractivity contribution is -0.137. The number of hydrogen-bond donors (Lipinski definition) is 1. The minimum Gasteiger partial charge on any atom is -0.365 e. The van der Waals surface area contributed by atoms with Gasteiger partial charge in [-0.15, -0.1) is 11.3 Å². The van der Waals surface area contributed by atoms with E-state index in [0.717, 1.165) is 31.7 Å². The van der Waals surface area contributed by atoms with Crippen LogP contribution in [0.4, 0.5) is 18.9 Å². The van der Waals surface area contributed by atoms with E-state index in [4.69, 9.17) is 0 Å². The molecule has 0 bridgehead atoms. The number of halogens is 3. The Labute approximate surface area is 196 Å². The average Bonchev–Trinajstić information content (AvgIpc) is 3.51. The number of rotatable bonds is 5. The second-order valence-electron chi connectivity index (χ2n) is 9.47. The molecule has 0 radical (unpaired) electrons. The van der Waals surface area contributed by atoms with Gasteiger partial charge in [0.15, 0.2) is 0 Å².